The van der Waals surface area contributed by atoms with E-state index in [1.807, 2.05) is 0 Å². The van der Waals surface area contributed by atoms with Gasteiger partial charge in [-0.2, -0.15) is 0 Å². The monoisotopic (exact) mass is 366 g/mol. The van der Waals surface area contributed by atoms with Crippen molar-refractivity contribution in [3.63, 3.8) is 0 Å². The van der Waals surface area contributed by atoms with Crippen molar-refractivity contribution in [2.45, 2.75) is 0 Å². The fourth-order valence-electron chi connectivity index (χ4n) is 3.24. The summed E-state index contributed by atoms with van der Waals surface area (Å²) in [5.74, 6) is 0. The van der Waals surface area contributed by atoms with Crippen LogP contribution < -0.4 is 15.9 Å². The Morgan fingerprint density at radius 3 is 1.15 bits per heavy atom. The first-order chi connectivity index (χ1) is 12.6. The normalized spacial score (nSPS) is 11.0. The topological polar surface area (TPSA) is 60.7 Å². The van der Waals surface area contributed by atoms with E-state index < -0.39 is 14.6 Å². The van der Waals surface area contributed by atoms with E-state index in [1.165, 1.54) is 15.9 Å². The average molecular weight is 366 g/mol. The number of hydrogen-bond acceptors (Lipinski definition) is 3. The molecule has 3 aromatic carbocycles. The summed E-state index contributed by atoms with van der Waals surface area (Å²) in [6.45, 7) is 4.06. The maximum Gasteiger partial charge on any atom is 0.631 e. The Bertz CT molecular complexity index is 681. The zero-order valence-corrected chi connectivity index (χ0v) is 15.6. The summed E-state index contributed by atoms with van der Waals surface area (Å²) in [6, 6.07) is 32.8. The van der Waals surface area contributed by atoms with Crippen LogP contribution in [0.3, 0.4) is 0 Å². The van der Waals surface area contributed by atoms with Gasteiger partial charge in [-0.05, 0) is 0 Å². The van der Waals surface area contributed by atoms with E-state index in [9.17, 15) is 0 Å². The molecular formula is C21H24BO3P. The van der Waals surface area contributed by atoms with Gasteiger partial charge in [-0.3, -0.25) is 0 Å². The Morgan fingerprint density at radius 1 is 0.654 bits per heavy atom. The van der Waals surface area contributed by atoms with Gasteiger partial charge in [0, 0.05) is 0 Å². The second-order valence-corrected chi connectivity index (χ2v) is 9.79. The summed E-state index contributed by atoms with van der Waals surface area (Å²) in [7, 11) is -4.21. The van der Waals surface area contributed by atoms with Crippen molar-refractivity contribution in [3.05, 3.63) is 104 Å². The molecule has 134 valence electrons. The second kappa shape index (κ2) is 10.1. The van der Waals surface area contributed by atoms with E-state index in [4.69, 9.17) is 15.1 Å². The molecule has 0 bridgehead atoms. The van der Waals surface area contributed by atoms with Crippen LogP contribution in [0.2, 0.25) is 0 Å². The zero-order chi connectivity index (χ0) is 18.8. The molecule has 0 atom stereocenters. The zero-order valence-electron chi connectivity index (χ0n) is 14.6. The van der Waals surface area contributed by atoms with Crippen molar-refractivity contribution in [1.82, 2.24) is 0 Å². The molecule has 3 rings (SSSR count). The third kappa shape index (κ3) is 4.90. The molecule has 0 saturated carbocycles. The summed E-state index contributed by atoms with van der Waals surface area (Å²) in [4.78, 5) is 0. The van der Waals surface area contributed by atoms with Gasteiger partial charge in [0.1, 0.15) is 0 Å². The van der Waals surface area contributed by atoms with Crippen molar-refractivity contribution in [2.24, 2.45) is 0 Å². The molecule has 0 saturated heterocycles. The number of allylic oxidation sites excluding steroid dienone is 1. The molecule has 0 aliphatic heterocycles. The molecule has 3 N–H and O–H groups in total. The quantitative estimate of drug-likeness (QED) is 0.367. The molecule has 0 aliphatic rings. The molecule has 0 aromatic heterocycles. The van der Waals surface area contributed by atoms with E-state index in [2.05, 4.69) is 104 Å². The van der Waals surface area contributed by atoms with Gasteiger partial charge in [-0.15, -0.1) is 0 Å². The van der Waals surface area contributed by atoms with Crippen molar-refractivity contribution >= 4 is 30.5 Å². The maximum absolute atomic E-state index is 7.17. The summed E-state index contributed by atoms with van der Waals surface area (Å²) in [5, 5.41) is 25.8. The fraction of sp³-hybridized carbons (Fsp3) is 0.0476. The summed E-state index contributed by atoms with van der Waals surface area (Å²) in [5.41, 5.74) is 0. The van der Waals surface area contributed by atoms with E-state index >= 15 is 0 Å². The van der Waals surface area contributed by atoms with Gasteiger partial charge in [-0.25, -0.2) is 0 Å². The largest absolute Gasteiger partial charge is 0.631 e. The van der Waals surface area contributed by atoms with Crippen molar-refractivity contribution in [3.8, 4) is 0 Å². The molecule has 0 heterocycles. The minimum absolute atomic E-state index is 1.00. The Balaban J connectivity index is 0.000000552. The van der Waals surface area contributed by atoms with Gasteiger partial charge in [-0.1, -0.05) is 0 Å². The van der Waals surface area contributed by atoms with E-state index in [-0.39, 0.29) is 0 Å². The third-order valence-electron chi connectivity index (χ3n) is 4.25. The standard InChI is InChI=1S/C21H21P.BH3O3/c1-2-18-22(19-12-6-3-7-13-19,20-14-8-4-9-15-20)21-16-10-5-11-17-21;2-1(3)4/h2-17,22H,1,18H2;2-4H. The number of rotatable bonds is 5. The minimum atomic E-state index is -2.17. The Kier molecular flexibility index (Phi) is 7.77. The van der Waals surface area contributed by atoms with Crippen LogP contribution in [0.1, 0.15) is 0 Å². The molecule has 0 spiro atoms. The van der Waals surface area contributed by atoms with Gasteiger partial charge < -0.3 is 15.1 Å². The first-order valence-electron chi connectivity index (χ1n) is 8.43. The average Bonchev–Trinajstić information content (AvgIpc) is 2.68. The van der Waals surface area contributed by atoms with E-state index in [0.717, 1.165) is 6.16 Å². The first kappa shape index (κ1) is 20.1. The molecule has 5 heteroatoms. The van der Waals surface area contributed by atoms with Crippen LogP contribution in [0.15, 0.2) is 104 Å². The predicted molar refractivity (Wildman–Crippen MR) is 114 cm³/mol. The van der Waals surface area contributed by atoms with Crippen molar-refractivity contribution < 1.29 is 15.1 Å². The van der Waals surface area contributed by atoms with Gasteiger partial charge in [0.05, 0.1) is 0 Å². The molecule has 3 aromatic rings. The maximum atomic E-state index is 7.17. The third-order valence-corrected chi connectivity index (χ3v) is 9.11. The van der Waals surface area contributed by atoms with Crippen LogP contribution >= 0.6 is 7.26 Å². The van der Waals surface area contributed by atoms with E-state index in [0.29, 0.717) is 0 Å². The molecule has 0 radical (unpaired) electrons. The summed E-state index contributed by atoms with van der Waals surface area (Å²) in [6.07, 6.45) is 3.09. The van der Waals surface area contributed by atoms with Gasteiger partial charge >= 0.3 is 140 Å². The van der Waals surface area contributed by atoms with Gasteiger partial charge in [0.2, 0.25) is 0 Å². The van der Waals surface area contributed by atoms with Crippen LogP contribution in [-0.4, -0.2) is 28.6 Å². The Labute approximate surface area is 155 Å². The van der Waals surface area contributed by atoms with Crippen LogP contribution in [0, 0.1) is 0 Å². The van der Waals surface area contributed by atoms with E-state index in [1.54, 1.807) is 0 Å². The van der Waals surface area contributed by atoms with Crippen LogP contribution in [0.4, 0.5) is 0 Å². The summed E-state index contributed by atoms with van der Waals surface area (Å²) >= 11 is 0. The van der Waals surface area contributed by atoms with Crippen LogP contribution in [-0.2, 0) is 0 Å². The molecule has 0 unspecified atom stereocenters. The molecule has 0 fully saturated rings. The minimum Gasteiger partial charge on any atom is -0.402 e. The summed E-state index contributed by atoms with van der Waals surface area (Å²) < 4.78 is 0. The molecular weight excluding hydrogens is 342 g/mol. The van der Waals surface area contributed by atoms with Crippen LogP contribution in [0.25, 0.3) is 0 Å². The van der Waals surface area contributed by atoms with Crippen molar-refractivity contribution in [1.29, 1.82) is 0 Å². The first-order valence-corrected chi connectivity index (χ1v) is 10.6. The predicted octanol–water partition coefficient (Wildman–Crippen LogP) is 1.85. The number of benzene rings is 3. The fourth-order valence-corrected chi connectivity index (χ4v) is 7.66. The molecule has 3 nitrogen and oxygen atoms in total. The Morgan fingerprint density at radius 2 is 0.923 bits per heavy atom. The van der Waals surface area contributed by atoms with Gasteiger partial charge in [0.25, 0.3) is 0 Å². The SMILES string of the molecule is C=CC[PH](c1ccccc1)(c1ccccc1)c1ccccc1.OB(O)O. The Hall–Kier alpha value is -2.23. The van der Waals surface area contributed by atoms with Crippen LogP contribution in [0.5, 0.6) is 0 Å². The number of hydrogen-bond donors (Lipinski definition) is 3. The molecule has 0 amide bonds. The second-order valence-electron chi connectivity index (χ2n) is 5.84. The van der Waals surface area contributed by atoms with Crippen molar-refractivity contribution in [2.75, 3.05) is 6.16 Å². The molecule has 26 heavy (non-hydrogen) atoms. The van der Waals surface area contributed by atoms with Gasteiger partial charge in [0.15, 0.2) is 0 Å². The molecule has 0 aliphatic carbocycles. The smallest absolute Gasteiger partial charge is 0.402 e.